The summed E-state index contributed by atoms with van der Waals surface area (Å²) in [6.07, 6.45) is 7.72. The smallest absolute Gasteiger partial charge is 0.0536 e. The van der Waals surface area contributed by atoms with E-state index in [1.54, 1.807) is 0 Å². The van der Waals surface area contributed by atoms with Crippen molar-refractivity contribution in [1.82, 2.24) is 20.0 Å². The normalized spacial score (nSPS) is 25.8. The van der Waals surface area contributed by atoms with Crippen LogP contribution in [0.15, 0.2) is 18.5 Å². The Morgan fingerprint density at radius 3 is 2.85 bits per heavy atom. The van der Waals surface area contributed by atoms with Crippen LogP contribution in [0.25, 0.3) is 0 Å². The summed E-state index contributed by atoms with van der Waals surface area (Å²) >= 11 is 0. The molecule has 1 aliphatic heterocycles. The number of rotatable bonds is 7. The molecular formula is C16H30N4. The molecule has 1 aromatic rings. The van der Waals surface area contributed by atoms with E-state index in [-0.39, 0.29) is 0 Å². The molecule has 0 aromatic carbocycles. The Bertz CT molecular complexity index is 363. The second-order valence-electron chi connectivity index (χ2n) is 6.11. The highest BCUT2D eigenvalue weighted by molar-refractivity contribution is 4.88. The van der Waals surface area contributed by atoms with Gasteiger partial charge in [0.15, 0.2) is 0 Å². The molecule has 1 aromatic heterocycles. The van der Waals surface area contributed by atoms with Crippen LogP contribution in [0.4, 0.5) is 0 Å². The number of hydrogen-bond donors (Lipinski definition) is 1. The zero-order valence-corrected chi connectivity index (χ0v) is 13.3. The quantitative estimate of drug-likeness (QED) is 0.831. The SMILES string of the molecule is CCCC1CN(CCn2cccn2)C(C(C)CC)CN1. The van der Waals surface area contributed by atoms with E-state index in [0.29, 0.717) is 12.1 Å². The molecule has 4 nitrogen and oxygen atoms in total. The summed E-state index contributed by atoms with van der Waals surface area (Å²) in [6.45, 7) is 11.4. The molecule has 1 fully saturated rings. The van der Waals surface area contributed by atoms with Crippen LogP contribution in [0.2, 0.25) is 0 Å². The molecule has 1 aliphatic rings. The number of piperazine rings is 1. The average molecular weight is 278 g/mol. The molecule has 0 spiro atoms. The van der Waals surface area contributed by atoms with Crippen molar-refractivity contribution in [2.24, 2.45) is 5.92 Å². The van der Waals surface area contributed by atoms with E-state index in [9.17, 15) is 0 Å². The van der Waals surface area contributed by atoms with Gasteiger partial charge in [-0.25, -0.2) is 0 Å². The van der Waals surface area contributed by atoms with Gasteiger partial charge in [0.1, 0.15) is 0 Å². The minimum atomic E-state index is 0.665. The van der Waals surface area contributed by atoms with Crippen LogP contribution in [0, 0.1) is 5.92 Å². The Kier molecular flexibility index (Phi) is 6.05. The van der Waals surface area contributed by atoms with Crippen molar-refractivity contribution in [2.75, 3.05) is 19.6 Å². The lowest BCUT2D eigenvalue weighted by atomic mass is 9.93. The summed E-state index contributed by atoms with van der Waals surface area (Å²) < 4.78 is 2.05. The van der Waals surface area contributed by atoms with Gasteiger partial charge in [-0.15, -0.1) is 0 Å². The van der Waals surface area contributed by atoms with E-state index < -0.39 is 0 Å². The molecule has 0 saturated carbocycles. The third kappa shape index (κ3) is 4.06. The summed E-state index contributed by atoms with van der Waals surface area (Å²) in [7, 11) is 0. The number of nitrogens with one attached hydrogen (secondary N) is 1. The average Bonchev–Trinajstić information content (AvgIpc) is 2.98. The van der Waals surface area contributed by atoms with E-state index in [4.69, 9.17) is 0 Å². The van der Waals surface area contributed by atoms with E-state index in [2.05, 4.69) is 42.3 Å². The lowest BCUT2D eigenvalue weighted by Crippen LogP contribution is -2.58. The van der Waals surface area contributed by atoms with Crippen LogP contribution in [-0.2, 0) is 6.54 Å². The van der Waals surface area contributed by atoms with Crippen LogP contribution in [0.1, 0.15) is 40.0 Å². The zero-order valence-electron chi connectivity index (χ0n) is 13.3. The van der Waals surface area contributed by atoms with Crippen LogP contribution in [-0.4, -0.2) is 46.4 Å². The molecule has 2 heterocycles. The molecule has 4 heteroatoms. The summed E-state index contributed by atoms with van der Waals surface area (Å²) in [5, 5.41) is 8.06. The highest BCUT2D eigenvalue weighted by Gasteiger charge is 2.30. The van der Waals surface area contributed by atoms with Gasteiger partial charge in [0.2, 0.25) is 0 Å². The van der Waals surface area contributed by atoms with Crippen molar-refractivity contribution in [2.45, 2.75) is 58.7 Å². The highest BCUT2D eigenvalue weighted by atomic mass is 15.3. The van der Waals surface area contributed by atoms with Gasteiger partial charge in [-0.05, 0) is 18.4 Å². The molecule has 0 amide bonds. The fraction of sp³-hybridized carbons (Fsp3) is 0.812. The van der Waals surface area contributed by atoms with Crippen molar-refractivity contribution >= 4 is 0 Å². The first-order valence-corrected chi connectivity index (χ1v) is 8.19. The lowest BCUT2D eigenvalue weighted by Gasteiger charge is -2.43. The Labute approximate surface area is 123 Å². The van der Waals surface area contributed by atoms with Crippen molar-refractivity contribution in [1.29, 1.82) is 0 Å². The molecule has 114 valence electrons. The third-order valence-electron chi connectivity index (χ3n) is 4.65. The predicted molar refractivity (Wildman–Crippen MR) is 83.7 cm³/mol. The molecule has 1 saturated heterocycles. The molecule has 0 aliphatic carbocycles. The van der Waals surface area contributed by atoms with Gasteiger partial charge >= 0.3 is 0 Å². The van der Waals surface area contributed by atoms with Gasteiger partial charge in [-0.1, -0.05) is 33.6 Å². The summed E-state index contributed by atoms with van der Waals surface area (Å²) in [6, 6.07) is 3.34. The largest absolute Gasteiger partial charge is 0.311 e. The highest BCUT2D eigenvalue weighted by Crippen LogP contribution is 2.19. The Hall–Kier alpha value is -0.870. The summed E-state index contributed by atoms with van der Waals surface area (Å²) in [5.74, 6) is 0.752. The first-order valence-electron chi connectivity index (χ1n) is 8.19. The molecule has 3 unspecified atom stereocenters. The molecule has 20 heavy (non-hydrogen) atoms. The molecule has 0 bridgehead atoms. The topological polar surface area (TPSA) is 33.1 Å². The Balaban J connectivity index is 1.93. The van der Waals surface area contributed by atoms with Crippen molar-refractivity contribution in [3.05, 3.63) is 18.5 Å². The maximum atomic E-state index is 4.32. The van der Waals surface area contributed by atoms with E-state index >= 15 is 0 Å². The second kappa shape index (κ2) is 7.79. The minimum Gasteiger partial charge on any atom is -0.311 e. The van der Waals surface area contributed by atoms with Crippen molar-refractivity contribution < 1.29 is 0 Å². The van der Waals surface area contributed by atoms with Crippen molar-refractivity contribution in [3.8, 4) is 0 Å². The fourth-order valence-electron chi connectivity index (χ4n) is 3.20. The zero-order chi connectivity index (χ0) is 14.4. The van der Waals surface area contributed by atoms with Crippen LogP contribution in [0.5, 0.6) is 0 Å². The molecule has 0 radical (unpaired) electrons. The number of hydrogen-bond acceptors (Lipinski definition) is 3. The minimum absolute atomic E-state index is 0.665. The maximum Gasteiger partial charge on any atom is 0.0536 e. The van der Waals surface area contributed by atoms with E-state index in [1.165, 1.54) is 25.8 Å². The van der Waals surface area contributed by atoms with Crippen LogP contribution < -0.4 is 5.32 Å². The Morgan fingerprint density at radius 2 is 2.20 bits per heavy atom. The van der Waals surface area contributed by atoms with Crippen LogP contribution >= 0.6 is 0 Å². The van der Waals surface area contributed by atoms with Gasteiger partial charge in [-0.2, -0.15) is 5.10 Å². The van der Waals surface area contributed by atoms with Gasteiger partial charge in [0.25, 0.3) is 0 Å². The third-order valence-corrected chi connectivity index (χ3v) is 4.65. The van der Waals surface area contributed by atoms with Gasteiger partial charge < -0.3 is 5.32 Å². The molecule has 2 rings (SSSR count). The lowest BCUT2D eigenvalue weighted by molar-refractivity contribution is 0.0843. The fourth-order valence-corrected chi connectivity index (χ4v) is 3.20. The van der Waals surface area contributed by atoms with E-state index in [1.807, 2.05) is 16.9 Å². The van der Waals surface area contributed by atoms with Gasteiger partial charge in [0.05, 0.1) is 6.54 Å². The standard InChI is InChI=1S/C16H30N4/c1-4-7-15-13-19(10-11-20-9-6-8-18-20)16(12-17-15)14(3)5-2/h6,8-9,14-17H,4-5,7,10-13H2,1-3H3. The number of aromatic nitrogens is 2. The second-order valence-corrected chi connectivity index (χ2v) is 6.11. The first kappa shape index (κ1) is 15.5. The summed E-state index contributed by atoms with van der Waals surface area (Å²) in [4.78, 5) is 2.69. The molecular weight excluding hydrogens is 248 g/mol. The van der Waals surface area contributed by atoms with Gasteiger partial charge in [0, 0.05) is 44.1 Å². The molecule has 1 N–H and O–H groups in total. The monoisotopic (exact) mass is 278 g/mol. The molecule has 3 atom stereocenters. The first-order chi connectivity index (χ1) is 9.74. The van der Waals surface area contributed by atoms with Gasteiger partial charge in [-0.3, -0.25) is 9.58 Å². The Morgan fingerprint density at radius 1 is 1.35 bits per heavy atom. The number of nitrogens with zero attached hydrogens (tertiary/aromatic N) is 3. The summed E-state index contributed by atoms with van der Waals surface area (Å²) in [5.41, 5.74) is 0. The predicted octanol–water partition coefficient (Wildman–Crippen LogP) is 2.37. The maximum absolute atomic E-state index is 4.32. The van der Waals surface area contributed by atoms with Crippen LogP contribution in [0.3, 0.4) is 0 Å². The van der Waals surface area contributed by atoms with E-state index in [0.717, 1.165) is 25.6 Å². The van der Waals surface area contributed by atoms with Crippen molar-refractivity contribution in [3.63, 3.8) is 0 Å².